The van der Waals surface area contributed by atoms with Crippen LogP contribution < -0.4 is 14.4 Å². The van der Waals surface area contributed by atoms with E-state index < -0.39 is 0 Å². The fourth-order valence-electron chi connectivity index (χ4n) is 1.97. The molecule has 0 unspecified atom stereocenters. The molecule has 0 bridgehead atoms. The van der Waals surface area contributed by atoms with Crippen LogP contribution in [0.15, 0.2) is 6.07 Å². The zero-order valence-corrected chi connectivity index (χ0v) is 11.2. The number of rotatable bonds is 5. The quantitative estimate of drug-likeness (QED) is 0.783. The van der Waals surface area contributed by atoms with Gasteiger partial charge >= 0.3 is 0 Å². The Morgan fingerprint density at radius 2 is 1.67 bits per heavy atom. The number of hydrogen-bond donors (Lipinski definition) is 0. The van der Waals surface area contributed by atoms with Crippen molar-refractivity contribution in [3.05, 3.63) is 6.07 Å². The molecule has 0 saturated heterocycles. The summed E-state index contributed by atoms with van der Waals surface area (Å²) < 4.78 is 15.6. The van der Waals surface area contributed by atoms with Crippen molar-refractivity contribution in [3.8, 4) is 11.8 Å². The topological polar surface area (TPSA) is 56.7 Å². The van der Waals surface area contributed by atoms with Crippen molar-refractivity contribution in [1.29, 1.82) is 0 Å². The van der Waals surface area contributed by atoms with Gasteiger partial charge in [-0.15, -0.1) is 0 Å². The zero-order valence-electron chi connectivity index (χ0n) is 11.2. The molecule has 1 aliphatic rings. The van der Waals surface area contributed by atoms with Crippen molar-refractivity contribution in [2.24, 2.45) is 0 Å². The third-order valence-corrected chi connectivity index (χ3v) is 3.35. The summed E-state index contributed by atoms with van der Waals surface area (Å²) in [5, 5.41) is 0. The van der Waals surface area contributed by atoms with Gasteiger partial charge in [0.05, 0.1) is 26.4 Å². The van der Waals surface area contributed by atoms with Crippen LogP contribution in [0.1, 0.15) is 12.8 Å². The van der Waals surface area contributed by atoms with Gasteiger partial charge in [-0.25, -0.2) is 0 Å². The van der Waals surface area contributed by atoms with E-state index in [0.29, 0.717) is 29.9 Å². The fraction of sp³-hybridized carbons (Fsp3) is 0.667. The molecule has 0 spiro atoms. The highest BCUT2D eigenvalue weighted by Gasteiger charge is 2.33. The number of aromatic nitrogens is 2. The maximum absolute atomic E-state index is 5.28. The van der Waals surface area contributed by atoms with Crippen molar-refractivity contribution < 1.29 is 14.2 Å². The fourth-order valence-corrected chi connectivity index (χ4v) is 1.97. The van der Waals surface area contributed by atoms with Crippen LogP contribution in [0.3, 0.4) is 0 Å². The molecule has 6 nitrogen and oxygen atoms in total. The zero-order chi connectivity index (χ0) is 13.1. The van der Waals surface area contributed by atoms with Gasteiger partial charge in [-0.1, -0.05) is 0 Å². The van der Waals surface area contributed by atoms with Crippen molar-refractivity contribution in [1.82, 2.24) is 9.97 Å². The number of methoxy groups -OCH3 is 3. The summed E-state index contributed by atoms with van der Waals surface area (Å²) in [6.45, 7) is 0. The van der Waals surface area contributed by atoms with Gasteiger partial charge < -0.3 is 19.1 Å². The van der Waals surface area contributed by atoms with E-state index in [4.69, 9.17) is 14.2 Å². The first-order valence-corrected chi connectivity index (χ1v) is 5.90. The Hall–Kier alpha value is -1.56. The van der Waals surface area contributed by atoms with Gasteiger partial charge in [0.1, 0.15) is 0 Å². The number of ether oxygens (including phenoxy) is 3. The minimum Gasteiger partial charge on any atom is -0.481 e. The van der Waals surface area contributed by atoms with E-state index >= 15 is 0 Å². The first-order valence-electron chi connectivity index (χ1n) is 5.90. The Labute approximate surface area is 107 Å². The number of nitrogens with zero attached hydrogens (tertiary/aromatic N) is 3. The summed E-state index contributed by atoms with van der Waals surface area (Å²) in [6, 6.07) is 2.07. The molecular weight excluding hydrogens is 234 g/mol. The molecular formula is C12H19N3O3. The van der Waals surface area contributed by atoms with Crippen LogP contribution in [-0.2, 0) is 4.74 Å². The van der Waals surface area contributed by atoms with E-state index in [1.54, 1.807) is 27.4 Å². The minimum absolute atomic E-state index is 0.352. The maximum Gasteiger partial charge on any atom is 0.231 e. The summed E-state index contributed by atoms with van der Waals surface area (Å²) in [7, 11) is 6.88. The highest BCUT2D eigenvalue weighted by Crippen LogP contribution is 2.30. The van der Waals surface area contributed by atoms with Gasteiger partial charge in [-0.05, 0) is 12.8 Å². The highest BCUT2D eigenvalue weighted by atomic mass is 16.5. The van der Waals surface area contributed by atoms with Crippen LogP contribution in [0.25, 0.3) is 0 Å². The molecule has 1 aromatic rings. The highest BCUT2D eigenvalue weighted by molar-refractivity contribution is 5.37. The summed E-state index contributed by atoms with van der Waals surface area (Å²) in [6.07, 6.45) is 2.34. The van der Waals surface area contributed by atoms with Gasteiger partial charge in [0.25, 0.3) is 0 Å². The molecule has 1 aliphatic carbocycles. The summed E-state index contributed by atoms with van der Waals surface area (Å²) in [5.74, 6) is 1.63. The van der Waals surface area contributed by atoms with Crippen molar-refractivity contribution in [2.75, 3.05) is 33.3 Å². The summed E-state index contributed by atoms with van der Waals surface area (Å²) >= 11 is 0. The summed E-state index contributed by atoms with van der Waals surface area (Å²) in [5.41, 5.74) is 0. The number of hydrogen-bond acceptors (Lipinski definition) is 6. The van der Waals surface area contributed by atoms with Crippen molar-refractivity contribution in [2.45, 2.75) is 25.0 Å². The van der Waals surface area contributed by atoms with E-state index in [2.05, 4.69) is 9.97 Å². The third-order valence-electron chi connectivity index (χ3n) is 3.35. The Morgan fingerprint density at radius 3 is 2.11 bits per heavy atom. The Kier molecular flexibility index (Phi) is 3.86. The van der Waals surface area contributed by atoms with E-state index in [1.165, 1.54) is 0 Å². The van der Waals surface area contributed by atoms with E-state index in [1.807, 2.05) is 11.9 Å². The predicted molar refractivity (Wildman–Crippen MR) is 67.4 cm³/mol. The average molecular weight is 253 g/mol. The molecule has 100 valence electrons. The van der Waals surface area contributed by atoms with Crippen LogP contribution in [0.4, 0.5) is 5.95 Å². The predicted octanol–water partition coefficient (Wildman–Crippen LogP) is 1.11. The second-order valence-electron chi connectivity index (χ2n) is 4.35. The lowest BCUT2D eigenvalue weighted by atomic mass is 9.88. The molecule has 2 rings (SSSR count). The first kappa shape index (κ1) is 12.9. The molecule has 1 saturated carbocycles. The molecule has 1 fully saturated rings. The van der Waals surface area contributed by atoms with Crippen LogP contribution in [0.2, 0.25) is 0 Å². The van der Waals surface area contributed by atoms with Crippen molar-refractivity contribution in [3.63, 3.8) is 0 Å². The standard InChI is InChI=1S/C12H19N3O3/c1-15(8-5-9(6-8)16-2)12-13-10(17-3)7-11(14-12)18-4/h7-9H,5-6H2,1-4H3. The SMILES string of the molecule is COc1cc(OC)nc(N(C)C2CC(OC)C2)n1. The van der Waals surface area contributed by atoms with Gasteiger partial charge in [-0.2, -0.15) is 9.97 Å². The van der Waals surface area contributed by atoms with Gasteiger partial charge in [0.15, 0.2) is 0 Å². The normalized spacial score (nSPS) is 22.2. The lowest BCUT2D eigenvalue weighted by molar-refractivity contribution is 0.0262. The Morgan fingerprint density at radius 1 is 1.11 bits per heavy atom. The monoisotopic (exact) mass is 253 g/mol. The smallest absolute Gasteiger partial charge is 0.231 e. The second kappa shape index (κ2) is 5.39. The van der Waals surface area contributed by atoms with Crippen molar-refractivity contribution >= 4 is 5.95 Å². The molecule has 1 aromatic heterocycles. The molecule has 1 heterocycles. The van der Waals surface area contributed by atoms with Crippen LogP contribution in [-0.4, -0.2) is 50.5 Å². The van der Waals surface area contributed by atoms with E-state index in [-0.39, 0.29) is 0 Å². The average Bonchev–Trinajstić information content (AvgIpc) is 2.36. The third kappa shape index (κ3) is 2.48. The molecule has 18 heavy (non-hydrogen) atoms. The second-order valence-corrected chi connectivity index (χ2v) is 4.35. The van der Waals surface area contributed by atoms with Gasteiger partial charge in [-0.3, -0.25) is 0 Å². The Bertz CT molecular complexity index is 385. The number of anilines is 1. The minimum atomic E-state index is 0.352. The molecule has 0 N–H and O–H groups in total. The van der Waals surface area contributed by atoms with Crippen LogP contribution in [0.5, 0.6) is 11.8 Å². The summed E-state index contributed by atoms with van der Waals surface area (Å²) in [4.78, 5) is 10.7. The molecule has 0 amide bonds. The molecule has 0 atom stereocenters. The van der Waals surface area contributed by atoms with Gasteiger partial charge in [0, 0.05) is 20.2 Å². The lowest BCUT2D eigenvalue weighted by Gasteiger charge is -2.40. The van der Waals surface area contributed by atoms with Gasteiger partial charge in [0.2, 0.25) is 17.7 Å². The lowest BCUT2D eigenvalue weighted by Crippen LogP contribution is -2.46. The van der Waals surface area contributed by atoms with E-state index in [9.17, 15) is 0 Å². The molecule has 0 radical (unpaired) electrons. The van der Waals surface area contributed by atoms with E-state index in [0.717, 1.165) is 12.8 Å². The molecule has 0 aromatic carbocycles. The van der Waals surface area contributed by atoms with Crippen LogP contribution in [0, 0.1) is 0 Å². The van der Waals surface area contributed by atoms with Crippen LogP contribution >= 0.6 is 0 Å². The maximum atomic E-state index is 5.28. The molecule has 0 aliphatic heterocycles. The Balaban J connectivity index is 2.12. The first-order chi connectivity index (χ1) is 8.67. The largest absolute Gasteiger partial charge is 0.481 e. The molecule has 6 heteroatoms.